The predicted octanol–water partition coefficient (Wildman–Crippen LogP) is 4.83. The van der Waals surface area contributed by atoms with Gasteiger partial charge in [0.05, 0.1) is 11.4 Å². The molecule has 2 fully saturated rings. The Morgan fingerprint density at radius 2 is 1.72 bits per heavy atom. The summed E-state index contributed by atoms with van der Waals surface area (Å²) < 4.78 is 0. The summed E-state index contributed by atoms with van der Waals surface area (Å²) in [6, 6.07) is 13.9. The van der Waals surface area contributed by atoms with Gasteiger partial charge >= 0.3 is 0 Å². The van der Waals surface area contributed by atoms with Crippen molar-refractivity contribution in [1.29, 1.82) is 0 Å². The molecule has 2 saturated heterocycles. The van der Waals surface area contributed by atoms with Crippen molar-refractivity contribution < 1.29 is 0 Å². The Kier molecular flexibility index (Phi) is 4.16. The summed E-state index contributed by atoms with van der Waals surface area (Å²) in [6.07, 6.45) is 6.55. The first-order valence-corrected chi connectivity index (χ1v) is 9.01. The second-order valence-electron chi connectivity index (χ2n) is 7.14. The third kappa shape index (κ3) is 2.69. The molecule has 1 aromatic rings. The lowest BCUT2D eigenvalue weighted by Crippen LogP contribution is -2.40. The molecule has 0 aromatic heterocycles. The molecule has 2 atom stereocenters. The minimum Gasteiger partial charge on any atom is -0.349 e. The monoisotopic (exact) mass is 354 g/mol. The van der Waals surface area contributed by atoms with Gasteiger partial charge in [-0.2, -0.15) is 0 Å². The molecule has 0 spiro atoms. The fourth-order valence-electron chi connectivity index (χ4n) is 4.52. The van der Waals surface area contributed by atoms with Crippen LogP contribution in [0.15, 0.2) is 36.4 Å². The first kappa shape index (κ1) is 16.4. The van der Waals surface area contributed by atoms with E-state index in [0.29, 0.717) is 12.1 Å². The van der Waals surface area contributed by atoms with Crippen molar-refractivity contribution in [3.8, 4) is 22.6 Å². The van der Waals surface area contributed by atoms with E-state index >= 15 is 0 Å². The van der Waals surface area contributed by atoms with Crippen LogP contribution in [0.5, 0.6) is 0 Å². The molecule has 4 aliphatic rings. The van der Waals surface area contributed by atoms with Crippen LogP contribution >= 0.6 is 12.4 Å². The van der Waals surface area contributed by atoms with E-state index in [2.05, 4.69) is 40.2 Å². The molecule has 4 nitrogen and oxygen atoms in total. The number of rotatable bonds is 2. The number of H-pyrrole nitrogens is 1. The SMILES string of the molecule is Cc1nc(N2C3CCCC2CC3)c2nc(-c3ccccc3)cc-2[nH]1.Cl. The quantitative estimate of drug-likeness (QED) is 0.717. The maximum atomic E-state index is 4.96. The summed E-state index contributed by atoms with van der Waals surface area (Å²) in [4.78, 5) is 15.8. The molecule has 5 heteroatoms. The Morgan fingerprint density at radius 3 is 2.44 bits per heavy atom. The molecule has 1 N–H and O–H groups in total. The maximum Gasteiger partial charge on any atom is 0.159 e. The van der Waals surface area contributed by atoms with E-state index in [4.69, 9.17) is 9.97 Å². The van der Waals surface area contributed by atoms with Crippen molar-refractivity contribution in [2.45, 2.75) is 51.1 Å². The largest absolute Gasteiger partial charge is 0.349 e. The number of anilines is 1. The van der Waals surface area contributed by atoms with Crippen molar-refractivity contribution in [3.63, 3.8) is 0 Å². The number of nitrogens with zero attached hydrogens (tertiary/aromatic N) is 3. The number of piperidine rings is 1. The second-order valence-corrected chi connectivity index (χ2v) is 7.14. The Morgan fingerprint density at radius 1 is 1.00 bits per heavy atom. The fraction of sp³-hybridized carbons (Fsp3) is 0.400. The highest BCUT2D eigenvalue weighted by Crippen LogP contribution is 2.42. The molecule has 4 aliphatic heterocycles. The normalized spacial score (nSPS) is 22.2. The van der Waals surface area contributed by atoms with Crippen LogP contribution in [-0.2, 0) is 0 Å². The number of aromatic amines is 1. The molecule has 25 heavy (non-hydrogen) atoms. The zero-order valence-electron chi connectivity index (χ0n) is 14.4. The molecule has 0 amide bonds. The zero-order chi connectivity index (χ0) is 16.1. The van der Waals surface area contributed by atoms with Crippen molar-refractivity contribution in [2.75, 3.05) is 4.90 Å². The Hall–Kier alpha value is -2.07. The molecule has 2 unspecified atom stereocenters. The van der Waals surface area contributed by atoms with E-state index in [9.17, 15) is 0 Å². The van der Waals surface area contributed by atoms with Crippen molar-refractivity contribution in [1.82, 2.24) is 15.0 Å². The Labute approximate surface area is 154 Å². The van der Waals surface area contributed by atoms with Gasteiger partial charge in [-0.1, -0.05) is 30.3 Å². The van der Waals surface area contributed by atoms with E-state index in [1.165, 1.54) is 32.1 Å². The van der Waals surface area contributed by atoms with E-state index < -0.39 is 0 Å². The van der Waals surface area contributed by atoms with Crippen LogP contribution in [0.25, 0.3) is 22.6 Å². The van der Waals surface area contributed by atoms with Crippen LogP contribution < -0.4 is 4.90 Å². The van der Waals surface area contributed by atoms with Gasteiger partial charge in [0, 0.05) is 17.6 Å². The number of aryl methyl sites for hydroxylation is 1. The first-order valence-electron chi connectivity index (χ1n) is 9.01. The third-order valence-corrected chi connectivity index (χ3v) is 5.58. The molecule has 130 valence electrons. The van der Waals surface area contributed by atoms with E-state index in [0.717, 1.165) is 34.3 Å². The van der Waals surface area contributed by atoms with E-state index in [1.807, 2.05) is 13.0 Å². The Balaban J connectivity index is 0.00000157. The number of hydrogen-bond donors (Lipinski definition) is 1. The standard InChI is InChI=1S/C20H22N4.ClH/c1-13-21-18-12-17(14-6-3-2-4-7-14)23-19(18)20(22-13)24-15-8-5-9-16(24)11-10-15;/h2-4,6-7,12,15-16H,5,8-11H2,1H3,(H,21,22);1H. The van der Waals surface area contributed by atoms with Crippen molar-refractivity contribution >= 4 is 18.2 Å². The molecule has 5 rings (SSSR count). The summed E-state index contributed by atoms with van der Waals surface area (Å²) in [5.41, 5.74) is 4.31. The van der Waals surface area contributed by atoms with Crippen LogP contribution in [-0.4, -0.2) is 27.0 Å². The summed E-state index contributed by atoms with van der Waals surface area (Å²) in [5.74, 6) is 2.06. The van der Waals surface area contributed by atoms with E-state index in [-0.39, 0.29) is 12.4 Å². The van der Waals surface area contributed by atoms with Gasteiger partial charge in [0.2, 0.25) is 0 Å². The van der Waals surface area contributed by atoms with E-state index in [1.54, 1.807) is 0 Å². The highest BCUT2D eigenvalue weighted by Gasteiger charge is 2.39. The highest BCUT2D eigenvalue weighted by molar-refractivity contribution is 5.85. The van der Waals surface area contributed by atoms with Crippen LogP contribution in [0.3, 0.4) is 0 Å². The fourth-order valence-corrected chi connectivity index (χ4v) is 4.52. The highest BCUT2D eigenvalue weighted by atomic mass is 35.5. The van der Waals surface area contributed by atoms with Gasteiger partial charge in [-0.05, 0) is 45.1 Å². The van der Waals surface area contributed by atoms with Gasteiger partial charge in [0.15, 0.2) is 5.82 Å². The minimum atomic E-state index is 0. The molecule has 4 heterocycles. The average molecular weight is 355 g/mol. The first-order chi connectivity index (χ1) is 11.8. The Bertz CT molecular complexity index is 828. The smallest absolute Gasteiger partial charge is 0.159 e. The molecule has 0 saturated carbocycles. The average Bonchev–Trinajstić information content (AvgIpc) is 3.13. The maximum absolute atomic E-state index is 4.96. The van der Waals surface area contributed by atoms with Gasteiger partial charge in [0.1, 0.15) is 11.5 Å². The molecule has 1 aromatic carbocycles. The number of hydrogen-bond acceptors (Lipinski definition) is 3. The minimum absolute atomic E-state index is 0. The van der Waals surface area contributed by atoms with Gasteiger partial charge < -0.3 is 9.88 Å². The summed E-state index contributed by atoms with van der Waals surface area (Å²) in [6.45, 7) is 2.05. The predicted molar refractivity (Wildman–Crippen MR) is 104 cm³/mol. The third-order valence-electron chi connectivity index (χ3n) is 5.58. The lowest BCUT2D eigenvalue weighted by molar-refractivity contribution is 0.464. The van der Waals surface area contributed by atoms with Gasteiger partial charge in [-0.25, -0.2) is 9.97 Å². The zero-order valence-corrected chi connectivity index (χ0v) is 15.2. The topological polar surface area (TPSA) is 44.8 Å². The number of fused-ring (bicyclic) bond motifs is 3. The molecular formula is C20H23ClN4. The van der Waals surface area contributed by atoms with Crippen molar-refractivity contribution in [2.24, 2.45) is 0 Å². The van der Waals surface area contributed by atoms with Crippen LogP contribution in [0, 0.1) is 6.92 Å². The lowest BCUT2D eigenvalue weighted by atomic mass is 10.0. The second kappa shape index (κ2) is 6.34. The number of aromatic nitrogens is 3. The number of halogens is 1. The van der Waals surface area contributed by atoms with Crippen molar-refractivity contribution in [3.05, 3.63) is 42.2 Å². The van der Waals surface area contributed by atoms with Crippen LogP contribution in [0.4, 0.5) is 5.82 Å². The molecule has 0 radical (unpaired) electrons. The van der Waals surface area contributed by atoms with Gasteiger partial charge in [0.25, 0.3) is 0 Å². The molecule has 0 aliphatic carbocycles. The molecular weight excluding hydrogens is 332 g/mol. The van der Waals surface area contributed by atoms with Crippen LogP contribution in [0.1, 0.15) is 37.9 Å². The lowest BCUT2D eigenvalue weighted by Gasteiger charge is -2.36. The molecule has 2 bridgehead atoms. The summed E-state index contributed by atoms with van der Waals surface area (Å²) in [7, 11) is 0. The summed E-state index contributed by atoms with van der Waals surface area (Å²) in [5, 5.41) is 0. The van der Waals surface area contributed by atoms with Gasteiger partial charge in [-0.3, -0.25) is 0 Å². The van der Waals surface area contributed by atoms with Crippen LogP contribution in [0.2, 0.25) is 0 Å². The number of nitrogens with one attached hydrogen (secondary N) is 1. The number of benzene rings is 1. The summed E-state index contributed by atoms with van der Waals surface area (Å²) >= 11 is 0. The van der Waals surface area contributed by atoms with Gasteiger partial charge in [-0.15, -0.1) is 12.4 Å².